The van der Waals surface area contributed by atoms with Crippen LogP contribution in [0, 0.1) is 23.3 Å². The third-order valence-corrected chi connectivity index (χ3v) is 19.1. The third kappa shape index (κ3) is 13.7. The number of hydrogen-bond acceptors (Lipinski definition) is 18. The topological polar surface area (TPSA) is 255 Å². The maximum atomic E-state index is 15.3. The number of esters is 2. The number of amidine groups is 2. The van der Waals surface area contributed by atoms with Crippen LogP contribution in [0.15, 0.2) is 128 Å². The highest BCUT2D eigenvalue weighted by molar-refractivity contribution is 7.12. The van der Waals surface area contributed by atoms with Gasteiger partial charge in [-0.15, -0.1) is 22.7 Å². The normalized spacial score (nSPS) is 20.1. The Labute approximate surface area is 548 Å². The van der Waals surface area contributed by atoms with Crippen LogP contribution in [0.1, 0.15) is 64.6 Å². The number of piperazine rings is 2. The average molecular weight is 1360 g/mol. The number of carbonyl (C=O) groups is 6. The fourth-order valence-electron chi connectivity index (χ4n) is 12.0. The molecule has 4 atom stereocenters. The Morgan fingerprint density at radius 1 is 0.634 bits per heavy atom. The fraction of sp³-hybridized carbons (Fsp3) is 0.333. The van der Waals surface area contributed by atoms with Crippen LogP contribution in [0.2, 0.25) is 10.0 Å². The van der Waals surface area contributed by atoms with Gasteiger partial charge in [-0.3, -0.25) is 39.2 Å². The summed E-state index contributed by atoms with van der Waals surface area (Å²) in [4.78, 5) is 105. The van der Waals surface area contributed by atoms with E-state index in [0.717, 1.165) is 6.07 Å². The number of methoxy groups -OCH3 is 2. The van der Waals surface area contributed by atoms with E-state index in [9.17, 15) is 42.7 Å². The summed E-state index contributed by atoms with van der Waals surface area (Å²) >= 11 is 15.6. The lowest BCUT2D eigenvalue weighted by Crippen LogP contribution is -2.53. The molecule has 30 heteroatoms. The summed E-state index contributed by atoms with van der Waals surface area (Å²) in [6, 6.07) is 13.4. The SMILES string of the molecule is COC(=O)C1=C(CN2CCN3C(=O)N(c4ccc(C(C)(C)C(=O)O)cc4F)C[C@@H]3C2)NC(c2nccs2)=N[C@H]1c1ccc(F)cc1Cl.COC(=O)C1=C(CN2CCN3C(=O)N(c4ccc(CCC(=O)O)cc4F)C[C@@H]3C2)NC(c2nccs2)=N[C@H]1c1ccc(F)cc1Cl. The molecule has 8 heterocycles. The van der Waals surface area contributed by atoms with Crippen LogP contribution in [0.4, 0.5) is 38.5 Å². The minimum atomic E-state index is -1.30. The predicted molar refractivity (Wildman–Crippen MR) is 339 cm³/mol. The van der Waals surface area contributed by atoms with Crippen molar-refractivity contribution in [3.8, 4) is 0 Å². The smallest absolute Gasteiger partial charge is 0.338 e. The Hall–Kier alpha value is -8.80. The van der Waals surface area contributed by atoms with Crippen molar-refractivity contribution in [3.05, 3.63) is 184 Å². The molecule has 6 aliphatic heterocycles. The van der Waals surface area contributed by atoms with Gasteiger partial charge in [-0.2, -0.15) is 0 Å². The van der Waals surface area contributed by atoms with Crippen LogP contribution in [-0.2, 0) is 40.5 Å². The number of rotatable bonds is 17. The van der Waals surface area contributed by atoms with E-state index in [4.69, 9.17) is 47.8 Å². The number of halogens is 6. The van der Waals surface area contributed by atoms with Crippen molar-refractivity contribution < 1.29 is 66.0 Å². The second-order valence-corrected chi connectivity index (χ2v) is 25.6. The maximum absolute atomic E-state index is 15.3. The molecule has 12 rings (SSSR count). The monoisotopic (exact) mass is 1350 g/mol. The van der Waals surface area contributed by atoms with E-state index in [1.54, 1.807) is 39.0 Å². The Morgan fingerprint density at radius 3 is 1.49 bits per heavy atom. The molecule has 0 saturated carbocycles. The van der Waals surface area contributed by atoms with Crippen molar-refractivity contribution in [2.75, 3.05) is 89.5 Å². The van der Waals surface area contributed by atoms with Crippen LogP contribution in [0.5, 0.6) is 0 Å². The molecule has 4 N–H and O–H groups in total. The second kappa shape index (κ2) is 27.4. The van der Waals surface area contributed by atoms with Gasteiger partial charge >= 0.3 is 35.9 Å². The largest absolute Gasteiger partial charge is 0.481 e. The predicted octanol–water partition coefficient (Wildman–Crippen LogP) is 8.82. The summed E-state index contributed by atoms with van der Waals surface area (Å²) in [5.74, 6) is -4.81. The lowest BCUT2D eigenvalue weighted by atomic mass is 9.84. The second-order valence-electron chi connectivity index (χ2n) is 23.0. The molecule has 0 aliphatic carbocycles. The number of aliphatic imine (C=N–C) groups is 2. The molecule has 486 valence electrons. The zero-order valence-corrected chi connectivity index (χ0v) is 53.4. The van der Waals surface area contributed by atoms with Gasteiger partial charge in [0.15, 0.2) is 21.7 Å². The molecule has 6 aliphatic rings. The van der Waals surface area contributed by atoms with Crippen molar-refractivity contribution in [3.63, 3.8) is 0 Å². The average Bonchev–Trinajstić information content (AvgIpc) is 1.78. The Morgan fingerprint density at radius 2 is 1.10 bits per heavy atom. The first-order valence-electron chi connectivity index (χ1n) is 29.2. The van der Waals surface area contributed by atoms with Crippen molar-refractivity contribution in [2.24, 2.45) is 9.98 Å². The van der Waals surface area contributed by atoms with Crippen LogP contribution in [0.3, 0.4) is 0 Å². The molecule has 4 amide bonds. The molecule has 0 unspecified atom stereocenters. The van der Waals surface area contributed by atoms with E-state index in [2.05, 4.69) is 30.4 Å². The molecule has 4 aromatic carbocycles. The number of nitrogens with zero attached hydrogens (tertiary/aromatic N) is 10. The van der Waals surface area contributed by atoms with E-state index in [-0.39, 0.29) is 101 Å². The van der Waals surface area contributed by atoms with Crippen LogP contribution in [0.25, 0.3) is 0 Å². The lowest BCUT2D eigenvalue weighted by Gasteiger charge is -2.38. The number of carbonyl (C=O) groups excluding carboxylic acids is 4. The van der Waals surface area contributed by atoms with Gasteiger partial charge in [-0.25, -0.2) is 46.7 Å². The summed E-state index contributed by atoms with van der Waals surface area (Å²) in [5, 5.41) is 30.0. The highest BCUT2D eigenvalue weighted by atomic mass is 35.5. The molecule has 0 bridgehead atoms. The first kappa shape index (κ1) is 65.7. The number of carboxylic acids is 2. The summed E-state index contributed by atoms with van der Waals surface area (Å²) in [7, 11) is 2.54. The third-order valence-electron chi connectivity index (χ3n) is 16.9. The minimum Gasteiger partial charge on any atom is -0.481 e. The number of thiazole rings is 2. The number of fused-ring (bicyclic) bond motifs is 2. The standard InChI is InChI=1S/C32H31ClF2N6O5S.C31H29ClF2N6O5S/c1-32(2,30(43)44)17-4-7-24(22(35)12-17)41-15-19-14-39(9-10-40(19)31(41)45)16-23-25(29(42)46-3)26(20-6-5-18(34)13-21(20)33)38-27(37-23)28-36-8-11-47-28;1-45-30(43)26-23(36-28(29-35-8-11-46-29)37-27(26)20-5-4-18(33)13-21(20)32)16-38-9-10-39-19(14-38)15-40(31(39)44)24-6-2-17(12-22(24)34)3-7-25(41)42/h4-8,11-13,19,26H,9-10,14-16H2,1-3H3,(H,37,38)(H,43,44);2,4-6,8,11-13,19,27H,3,7,9-10,14-16H2,1H3,(H,36,37)(H,41,42)/t19-,26-;19-,27-/m00/s1. The van der Waals surface area contributed by atoms with Crippen LogP contribution >= 0.6 is 45.9 Å². The number of anilines is 2. The number of amides is 4. The first-order chi connectivity index (χ1) is 44.5. The highest BCUT2D eigenvalue weighted by Crippen LogP contribution is 2.40. The number of aryl methyl sites for hydroxylation is 1. The number of nitrogens with one attached hydrogen (secondary N) is 2. The Bertz CT molecular complexity index is 4080. The molecule has 6 aromatic rings. The van der Waals surface area contributed by atoms with Gasteiger partial charge in [0.05, 0.1) is 54.2 Å². The van der Waals surface area contributed by atoms with Gasteiger partial charge in [-0.1, -0.05) is 47.5 Å². The number of hydrogen-bond donors (Lipinski definition) is 4. The van der Waals surface area contributed by atoms with Gasteiger partial charge in [-0.05, 0) is 79.9 Å². The Balaban J connectivity index is 0.000000190. The minimum absolute atomic E-state index is 0.0776. The molecule has 0 radical (unpaired) electrons. The highest BCUT2D eigenvalue weighted by Gasteiger charge is 2.46. The summed E-state index contributed by atoms with van der Waals surface area (Å²) < 4.78 is 68.8. The quantitative estimate of drug-likeness (QED) is 0.0491. The molecule has 22 nitrogen and oxygen atoms in total. The molecular formula is C63H60Cl2F4N12O10S2. The number of benzene rings is 4. The van der Waals surface area contributed by atoms with E-state index in [0.29, 0.717) is 89.0 Å². The molecular weight excluding hydrogens is 1300 g/mol. The Kier molecular flexibility index (Phi) is 19.4. The van der Waals surface area contributed by atoms with Gasteiger partial charge in [0.2, 0.25) is 0 Å². The lowest BCUT2D eigenvalue weighted by molar-refractivity contribution is -0.142. The molecule has 4 fully saturated rings. The zero-order valence-electron chi connectivity index (χ0n) is 50.2. The van der Waals surface area contributed by atoms with E-state index >= 15 is 8.78 Å². The van der Waals surface area contributed by atoms with Crippen molar-refractivity contribution in [2.45, 2.75) is 56.3 Å². The summed E-state index contributed by atoms with van der Waals surface area (Å²) in [6.07, 6.45) is 3.34. The van der Waals surface area contributed by atoms with Gasteiger partial charge < -0.3 is 40.1 Å². The van der Waals surface area contributed by atoms with Crippen LogP contribution < -0.4 is 20.4 Å². The van der Waals surface area contributed by atoms with Gasteiger partial charge in [0.1, 0.15) is 35.4 Å². The zero-order chi connectivity index (χ0) is 66.2. The van der Waals surface area contributed by atoms with Gasteiger partial charge in [0, 0.05) is 128 Å². The molecule has 0 spiro atoms. The van der Waals surface area contributed by atoms with Crippen molar-refractivity contribution >= 4 is 105 Å². The molecule has 4 saturated heterocycles. The van der Waals surface area contributed by atoms with Crippen molar-refractivity contribution in [1.29, 1.82) is 0 Å². The summed E-state index contributed by atoms with van der Waals surface area (Å²) in [5.41, 5.74) is 2.01. The fourth-order valence-corrected chi connectivity index (χ4v) is 13.7. The van der Waals surface area contributed by atoms with Gasteiger partial charge in [0.25, 0.3) is 0 Å². The number of carboxylic acid groups (broad SMARTS) is 2. The molecule has 2 aromatic heterocycles. The van der Waals surface area contributed by atoms with E-state index < -0.39 is 64.6 Å². The van der Waals surface area contributed by atoms with E-state index in [1.165, 1.54) is 121 Å². The van der Waals surface area contributed by atoms with E-state index in [1.807, 2.05) is 0 Å². The van der Waals surface area contributed by atoms with Crippen LogP contribution in [-0.4, -0.2) is 179 Å². The molecule has 93 heavy (non-hydrogen) atoms. The number of aromatic nitrogens is 2. The number of urea groups is 2. The maximum Gasteiger partial charge on any atom is 0.338 e. The van der Waals surface area contributed by atoms with Crippen molar-refractivity contribution in [1.82, 2.24) is 40.2 Å². The summed E-state index contributed by atoms with van der Waals surface area (Å²) in [6.45, 7) is 6.45. The first-order valence-corrected chi connectivity index (χ1v) is 31.7. The number of aliphatic carboxylic acids is 2. The number of ether oxygens (including phenoxy) is 2.